The summed E-state index contributed by atoms with van der Waals surface area (Å²) in [5.74, 6) is 1.75. The van der Waals surface area contributed by atoms with Crippen LogP contribution in [0.1, 0.15) is 35.1 Å². The van der Waals surface area contributed by atoms with Gasteiger partial charge < -0.3 is 25.1 Å². The molecule has 0 radical (unpaired) electrons. The van der Waals surface area contributed by atoms with E-state index in [2.05, 4.69) is 15.0 Å². The SMILES string of the molecule is COc1cc([C@@H](c2sc3nc(C)nn3c2O)N2CCC(C(N)=O)CC2)cc(OC)c1OC. The number of carbonyl (C=O) groups excluding carboxylic acids is 1. The fourth-order valence-corrected chi connectivity index (χ4v) is 5.42. The number of aromatic hydroxyl groups is 1. The molecule has 2 aromatic heterocycles. The zero-order valence-electron chi connectivity index (χ0n) is 18.5. The van der Waals surface area contributed by atoms with E-state index in [1.807, 2.05) is 12.1 Å². The van der Waals surface area contributed by atoms with Crippen LogP contribution in [0.5, 0.6) is 23.1 Å². The second-order valence-corrected chi connectivity index (χ2v) is 8.73. The Morgan fingerprint density at radius 2 is 1.81 bits per heavy atom. The summed E-state index contributed by atoms with van der Waals surface area (Å²) in [4.78, 5) is 19.6. The molecule has 0 bridgehead atoms. The highest BCUT2D eigenvalue weighted by atomic mass is 32.1. The van der Waals surface area contributed by atoms with Crippen LogP contribution in [0.2, 0.25) is 0 Å². The van der Waals surface area contributed by atoms with Gasteiger partial charge in [0.1, 0.15) is 5.82 Å². The lowest BCUT2D eigenvalue weighted by atomic mass is 9.93. The Hall–Kier alpha value is -3.05. The van der Waals surface area contributed by atoms with Crippen LogP contribution in [0.15, 0.2) is 12.1 Å². The van der Waals surface area contributed by atoms with Crippen molar-refractivity contribution in [2.45, 2.75) is 25.8 Å². The number of likely N-dealkylation sites (tertiary alicyclic amines) is 1. The van der Waals surface area contributed by atoms with Gasteiger partial charge in [-0.2, -0.15) is 4.52 Å². The Morgan fingerprint density at radius 3 is 2.31 bits per heavy atom. The van der Waals surface area contributed by atoms with E-state index in [0.717, 1.165) is 5.56 Å². The number of aryl methyl sites for hydroxylation is 1. The van der Waals surface area contributed by atoms with Crippen molar-refractivity contribution in [3.05, 3.63) is 28.4 Å². The molecule has 1 aromatic carbocycles. The van der Waals surface area contributed by atoms with Gasteiger partial charge in [0.05, 0.1) is 32.2 Å². The van der Waals surface area contributed by atoms with E-state index in [-0.39, 0.29) is 23.7 Å². The van der Waals surface area contributed by atoms with E-state index in [1.165, 1.54) is 15.9 Å². The number of piperidine rings is 1. The van der Waals surface area contributed by atoms with Crippen molar-refractivity contribution in [1.29, 1.82) is 0 Å². The van der Waals surface area contributed by atoms with Gasteiger partial charge in [-0.15, -0.1) is 5.10 Å². The molecule has 0 saturated carbocycles. The molecule has 4 rings (SSSR count). The van der Waals surface area contributed by atoms with Crippen LogP contribution >= 0.6 is 11.3 Å². The van der Waals surface area contributed by atoms with E-state index in [4.69, 9.17) is 19.9 Å². The molecule has 3 heterocycles. The monoisotopic (exact) mass is 461 g/mol. The fraction of sp³-hybridized carbons (Fsp3) is 0.476. The maximum absolute atomic E-state index is 11.7. The number of hydrogen-bond donors (Lipinski definition) is 2. The average molecular weight is 462 g/mol. The van der Waals surface area contributed by atoms with Gasteiger partial charge in [0, 0.05) is 5.92 Å². The van der Waals surface area contributed by atoms with E-state index in [1.54, 1.807) is 28.3 Å². The summed E-state index contributed by atoms with van der Waals surface area (Å²) in [5.41, 5.74) is 6.39. The van der Waals surface area contributed by atoms with E-state index < -0.39 is 0 Å². The lowest BCUT2D eigenvalue weighted by Gasteiger charge is -2.36. The van der Waals surface area contributed by atoms with Crippen LogP contribution in [-0.2, 0) is 4.79 Å². The molecule has 0 unspecified atom stereocenters. The normalized spacial score (nSPS) is 16.2. The number of thiazole rings is 1. The number of nitrogens with zero attached hydrogens (tertiary/aromatic N) is 4. The molecule has 1 amide bonds. The summed E-state index contributed by atoms with van der Waals surface area (Å²) in [6.45, 7) is 3.06. The summed E-state index contributed by atoms with van der Waals surface area (Å²) in [6.07, 6.45) is 1.30. The van der Waals surface area contributed by atoms with Gasteiger partial charge in [0.25, 0.3) is 0 Å². The number of aromatic nitrogens is 3. The number of carbonyl (C=O) groups is 1. The fourth-order valence-electron chi connectivity index (χ4n) is 4.26. The van der Waals surface area contributed by atoms with Crippen molar-refractivity contribution in [2.75, 3.05) is 34.4 Å². The van der Waals surface area contributed by atoms with Gasteiger partial charge in [0.15, 0.2) is 11.5 Å². The number of primary amides is 1. The summed E-state index contributed by atoms with van der Waals surface area (Å²) in [5, 5.41) is 15.3. The van der Waals surface area contributed by atoms with Crippen molar-refractivity contribution in [3.63, 3.8) is 0 Å². The number of hydrogen-bond acceptors (Lipinski definition) is 9. The third-order valence-corrected chi connectivity index (χ3v) is 6.93. The first-order valence-corrected chi connectivity index (χ1v) is 11.1. The maximum Gasteiger partial charge on any atom is 0.230 e. The molecule has 172 valence electrons. The van der Waals surface area contributed by atoms with Crippen molar-refractivity contribution < 1.29 is 24.1 Å². The Kier molecular flexibility index (Phi) is 6.11. The number of fused-ring (bicyclic) bond motifs is 1. The van der Waals surface area contributed by atoms with Gasteiger partial charge in [-0.3, -0.25) is 9.69 Å². The number of benzene rings is 1. The summed E-state index contributed by atoms with van der Waals surface area (Å²) < 4.78 is 18.0. The number of nitrogens with two attached hydrogens (primary N) is 1. The largest absolute Gasteiger partial charge is 0.493 e. The molecule has 0 spiro atoms. The number of amides is 1. The van der Waals surface area contributed by atoms with Gasteiger partial charge >= 0.3 is 0 Å². The zero-order valence-corrected chi connectivity index (χ0v) is 19.3. The Morgan fingerprint density at radius 1 is 1.19 bits per heavy atom. The molecule has 1 fully saturated rings. The third kappa shape index (κ3) is 3.82. The van der Waals surface area contributed by atoms with Gasteiger partial charge in [-0.25, -0.2) is 4.98 Å². The Balaban J connectivity index is 1.83. The van der Waals surface area contributed by atoms with Gasteiger partial charge in [-0.1, -0.05) is 11.3 Å². The predicted octanol–water partition coefficient (Wildman–Crippen LogP) is 2.12. The molecule has 1 aliphatic rings. The van der Waals surface area contributed by atoms with Crippen LogP contribution in [0.25, 0.3) is 4.96 Å². The molecule has 11 heteroatoms. The average Bonchev–Trinajstić information content (AvgIpc) is 3.30. The van der Waals surface area contributed by atoms with E-state index in [0.29, 0.717) is 58.8 Å². The first kappa shape index (κ1) is 22.2. The van der Waals surface area contributed by atoms with Crippen LogP contribution in [0.4, 0.5) is 0 Å². The quantitative estimate of drug-likeness (QED) is 0.548. The molecular weight excluding hydrogens is 434 g/mol. The smallest absolute Gasteiger partial charge is 0.230 e. The highest BCUT2D eigenvalue weighted by Crippen LogP contribution is 2.46. The number of ether oxygens (including phenoxy) is 3. The van der Waals surface area contributed by atoms with Crippen LogP contribution in [-0.4, -0.2) is 64.9 Å². The zero-order chi connectivity index (χ0) is 23.0. The minimum atomic E-state index is -0.327. The summed E-state index contributed by atoms with van der Waals surface area (Å²) >= 11 is 1.38. The highest BCUT2D eigenvalue weighted by molar-refractivity contribution is 7.17. The molecule has 10 nitrogen and oxygen atoms in total. The Bertz CT molecular complexity index is 1110. The molecular formula is C21H27N5O5S. The third-order valence-electron chi connectivity index (χ3n) is 5.85. The lowest BCUT2D eigenvalue weighted by Crippen LogP contribution is -2.40. The van der Waals surface area contributed by atoms with Crippen molar-refractivity contribution in [1.82, 2.24) is 19.5 Å². The van der Waals surface area contributed by atoms with E-state index >= 15 is 0 Å². The number of rotatable bonds is 7. The standard InChI is InChI=1S/C21H27N5O5S/c1-11-23-21-26(24-11)20(28)18(32-21)16(25-7-5-12(6-8-25)19(22)27)13-9-14(29-2)17(31-4)15(10-13)30-3/h9-10,12,16,28H,5-8H2,1-4H3,(H2,22,27)/t16-/m0/s1. The van der Waals surface area contributed by atoms with Crippen molar-refractivity contribution >= 4 is 22.2 Å². The molecule has 3 N–H and O–H groups in total. The highest BCUT2D eigenvalue weighted by Gasteiger charge is 2.34. The molecule has 1 atom stereocenters. The van der Waals surface area contributed by atoms with Gasteiger partial charge in [0.2, 0.25) is 22.5 Å². The van der Waals surface area contributed by atoms with Crippen LogP contribution in [0.3, 0.4) is 0 Å². The predicted molar refractivity (Wildman–Crippen MR) is 119 cm³/mol. The molecule has 1 aliphatic heterocycles. The topological polar surface area (TPSA) is 124 Å². The van der Waals surface area contributed by atoms with E-state index in [9.17, 15) is 9.90 Å². The van der Waals surface area contributed by atoms with Crippen molar-refractivity contribution in [2.24, 2.45) is 11.7 Å². The first-order valence-electron chi connectivity index (χ1n) is 10.3. The maximum atomic E-state index is 11.7. The lowest BCUT2D eigenvalue weighted by molar-refractivity contribution is -0.123. The molecule has 32 heavy (non-hydrogen) atoms. The van der Waals surface area contributed by atoms with Crippen molar-refractivity contribution in [3.8, 4) is 23.1 Å². The minimum Gasteiger partial charge on any atom is -0.493 e. The summed E-state index contributed by atoms with van der Waals surface area (Å²) in [6, 6.07) is 3.44. The van der Waals surface area contributed by atoms with Gasteiger partial charge in [-0.05, 0) is 50.6 Å². The molecule has 1 saturated heterocycles. The second-order valence-electron chi connectivity index (χ2n) is 7.72. The molecule has 0 aliphatic carbocycles. The Labute approximate surface area is 189 Å². The molecule has 3 aromatic rings. The minimum absolute atomic E-state index is 0.0429. The second kappa shape index (κ2) is 8.83. The number of methoxy groups -OCH3 is 3. The van der Waals surface area contributed by atoms with Crippen LogP contribution in [0, 0.1) is 12.8 Å². The first-order chi connectivity index (χ1) is 15.4. The van der Waals surface area contributed by atoms with Crippen LogP contribution < -0.4 is 19.9 Å². The summed E-state index contributed by atoms with van der Waals surface area (Å²) in [7, 11) is 4.69.